The van der Waals surface area contributed by atoms with E-state index in [-0.39, 0.29) is 0 Å². The van der Waals surface area contributed by atoms with Crippen molar-refractivity contribution < 1.29 is 0 Å². The van der Waals surface area contributed by atoms with Crippen LogP contribution in [0.4, 0.5) is 0 Å². The maximum atomic E-state index is 5.85. The zero-order chi connectivity index (χ0) is 13.1. The summed E-state index contributed by atoms with van der Waals surface area (Å²) in [7, 11) is 2.21. The molecule has 2 rings (SSSR count). The fraction of sp³-hybridized carbons (Fsp3) is 0.467. The minimum Gasteiger partial charge on any atom is -0.404 e. The van der Waals surface area contributed by atoms with E-state index in [2.05, 4.69) is 53.0 Å². The molecular formula is C15H21BrN2. The Labute approximate surface area is 118 Å². The van der Waals surface area contributed by atoms with E-state index in [0.29, 0.717) is 6.04 Å². The van der Waals surface area contributed by atoms with E-state index in [0.717, 1.165) is 10.9 Å². The summed E-state index contributed by atoms with van der Waals surface area (Å²) in [6.45, 7) is 3.35. The smallest absolute Gasteiger partial charge is 0.0181 e. The Morgan fingerprint density at radius 1 is 1.56 bits per heavy atom. The highest BCUT2D eigenvalue weighted by molar-refractivity contribution is 9.10. The molecule has 98 valence electrons. The quantitative estimate of drug-likeness (QED) is 0.925. The van der Waals surface area contributed by atoms with Crippen molar-refractivity contribution in [3.63, 3.8) is 0 Å². The summed E-state index contributed by atoms with van der Waals surface area (Å²) in [5.74, 6) is 0. The summed E-state index contributed by atoms with van der Waals surface area (Å²) < 4.78 is 1.11. The van der Waals surface area contributed by atoms with Gasteiger partial charge in [0.1, 0.15) is 0 Å². The molecule has 18 heavy (non-hydrogen) atoms. The van der Waals surface area contributed by atoms with Gasteiger partial charge in [-0.2, -0.15) is 0 Å². The van der Waals surface area contributed by atoms with Crippen LogP contribution in [0.2, 0.25) is 0 Å². The second-order valence-corrected chi connectivity index (χ2v) is 6.05. The molecule has 0 bridgehead atoms. The third-order valence-corrected chi connectivity index (χ3v) is 4.37. The molecule has 2 nitrogen and oxygen atoms in total. The second kappa shape index (κ2) is 5.89. The first-order valence-electron chi connectivity index (χ1n) is 6.49. The van der Waals surface area contributed by atoms with Crippen LogP contribution >= 0.6 is 15.9 Å². The van der Waals surface area contributed by atoms with Crippen molar-refractivity contribution in [3.05, 3.63) is 40.0 Å². The molecule has 1 saturated heterocycles. The molecule has 0 amide bonds. The Bertz CT molecular complexity index is 454. The van der Waals surface area contributed by atoms with Crippen molar-refractivity contribution in [2.45, 2.75) is 32.2 Å². The molecule has 1 aromatic rings. The Morgan fingerprint density at radius 2 is 2.33 bits per heavy atom. The van der Waals surface area contributed by atoms with E-state index in [9.17, 15) is 0 Å². The van der Waals surface area contributed by atoms with Crippen LogP contribution in [0, 0.1) is 6.92 Å². The summed E-state index contributed by atoms with van der Waals surface area (Å²) >= 11 is 3.54. The molecule has 0 aromatic heterocycles. The van der Waals surface area contributed by atoms with E-state index < -0.39 is 0 Å². The number of hydrogen-bond acceptors (Lipinski definition) is 2. The van der Waals surface area contributed by atoms with Crippen LogP contribution in [0.15, 0.2) is 28.9 Å². The molecule has 1 heterocycles. The average Bonchev–Trinajstić information content (AvgIpc) is 2.75. The molecule has 1 fully saturated rings. The van der Waals surface area contributed by atoms with E-state index in [1.165, 1.54) is 36.1 Å². The van der Waals surface area contributed by atoms with Crippen LogP contribution < -0.4 is 5.73 Å². The van der Waals surface area contributed by atoms with Crippen molar-refractivity contribution in [1.29, 1.82) is 0 Å². The lowest BCUT2D eigenvalue weighted by molar-refractivity contribution is 0.315. The lowest BCUT2D eigenvalue weighted by Gasteiger charge is -2.21. The van der Waals surface area contributed by atoms with Gasteiger partial charge in [0.15, 0.2) is 0 Å². The molecule has 0 saturated carbocycles. The van der Waals surface area contributed by atoms with Crippen molar-refractivity contribution in [1.82, 2.24) is 4.90 Å². The van der Waals surface area contributed by atoms with Crippen LogP contribution in [0.5, 0.6) is 0 Å². The molecule has 1 aliphatic heterocycles. The molecule has 1 aromatic carbocycles. The van der Waals surface area contributed by atoms with Gasteiger partial charge in [-0.3, -0.25) is 0 Å². The largest absolute Gasteiger partial charge is 0.404 e. The molecule has 0 radical (unpaired) electrons. The first kappa shape index (κ1) is 13.6. The first-order chi connectivity index (χ1) is 8.61. The normalized spacial score (nSPS) is 21.5. The van der Waals surface area contributed by atoms with Gasteiger partial charge in [0.25, 0.3) is 0 Å². The van der Waals surface area contributed by atoms with Crippen LogP contribution in [-0.2, 0) is 0 Å². The topological polar surface area (TPSA) is 29.3 Å². The van der Waals surface area contributed by atoms with E-state index in [4.69, 9.17) is 5.73 Å². The highest BCUT2D eigenvalue weighted by Gasteiger charge is 2.22. The summed E-state index contributed by atoms with van der Waals surface area (Å²) in [6.07, 6.45) is 5.41. The lowest BCUT2D eigenvalue weighted by atomic mass is 9.95. The van der Waals surface area contributed by atoms with E-state index >= 15 is 0 Å². The Morgan fingerprint density at radius 3 is 2.94 bits per heavy atom. The fourth-order valence-corrected chi connectivity index (χ4v) is 3.06. The van der Waals surface area contributed by atoms with Gasteiger partial charge in [-0.15, -0.1) is 0 Å². The van der Waals surface area contributed by atoms with Crippen molar-refractivity contribution >= 4 is 21.5 Å². The predicted octanol–water partition coefficient (Wildman–Crippen LogP) is 3.54. The molecule has 0 spiro atoms. The second-order valence-electron chi connectivity index (χ2n) is 5.13. The number of halogens is 1. The number of aryl methyl sites for hydroxylation is 1. The molecule has 0 aliphatic carbocycles. The van der Waals surface area contributed by atoms with Gasteiger partial charge in [-0.25, -0.2) is 0 Å². The van der Waals surface area contributed by atoms with Crippen LogP contribution in [0.25, 0.3) is 5.57 Å². The number of rotatable bonds is 3. The number of benzene rings is 1. The molecule has 0 unspecified atom stereocenters. The van der Waals surface area contributed by atoms with Gasteiger partial charge >= 0.3 is 0 Å². The summed E-state index contributed by atoms with van der Waals surface area (Å²) in [5.41, 5.74) is 9.67. The van der Waals surface area contributed by atoms with Gasteiger partial charge in [0, 0.05) is 10.5 Å². The van der Waals surface area contributed by atoms with Crippen molar-refractivity contribution in [2.24, 2.45) is 5.73 Å². The third kappa shape index (κ3) is 2.96. The Kier molecular flexibility index (Phi) is 4.46. The highest BCUT2D eigenvalue weighted by atomic mass is 79.9. The summed E-state index contributed by atoms with van der Waals surface area (Å²) in [4.78, 5) is 2.44. The number of nitrogens with zero attached hydrogens (tertiary/aromatic N) is 1. The molecule has 1 atom stereocenters. The zero-order valence-corrected chi connectivity index (χ0v) is 12.7. The highest BCUT2D eigenvalue weighted by Crippen LogP contribution is 2.30. The molecular weight excluding hydrogens is 288 g/mol. The predicted molar refractivity (Wildman–Crippen MR) is 81.3 cm³/mol. The van der Waals surface area contributed by atoms with Gasteiger partial charge in [0.2, 0.25) is 0 Å². The molecule has 1 aliphatic rings. The maximum absolute atomic E-state index is 5.85. The standard InChI is InChI=1S/C15H21BrN2/c1-11-5-6-13(16)9-15(11)12(10-17)8-14-4-3-7-18(14)2/h5-6,9-10,14H,3-4,7-8,17H2,1-2H3/b12-10-/t14-/m1/s1. The third-order valence-electron chi connectivity index (χ3n) is 3.87. The van der Waals surface area contributed by atoms with Crippen LogP contribution in [0.1, 0.15) is 30.4 Å². The van der Waals surface area contributed by atoms with Gasteiger partial charge in [-0.1, -0.05) is 22.0 Å². The maximum Gasteiger partial charge on any atom is 0.0181 e. The fourth-order valence-electron chi connectivity index (χ4n) is 2.70. The first-order valence-corrected chi connectivity index (χ1v) is 7.28. The SMILES string of the molecule is Cc1ccc(Br)cc1/C(=C\N)C[C@H]1CCCN1C. The van der Waals surface area contributed by atoms with E-state index in [1.807, 2.05) is 0 Å². The average molecular weight is 309 g/mol. The minimum atomic E-state index is 0.637. The van der Waals surface area contributed by atoms with Crippen molar-refractivity contribution in [3.8, 4) is 0 Å². The lowest BCUT2D eigenvalue weighted by Crippen LogP contribution is -2.25. The molecule has 3 heteroatoms. The van der Waals surface area contributed by atoms with Crippen LogP contribution in [-0.4, -0.2) is 24.5 Å². The summed E-state index contributed by atoms with van der Waals surface area (Å²) in [6, 6.07) is 7.03. The monoisotopic (exact) mass is 308 g/mol. The Hall–Kier alpha value is -0.800. The number of nitrogens with two attached hydrogens (primary N) is 1. The van der Waals surface area contributed by atoms with Crippen molar-refractivity contribution in [2.75, 3.05) is 13.6 Å². The van der Waals surface area contributed by atoms with E-state index in [1.54, 1.807) is 6.20 Å². The minimum absolute atomic E-state index is 0.637. The number of hydrogen-bond donors (Lipinski definition) is 1. The number of likely N-dealkylation sites (tertiary alicyclic amines) is 1. The summed E-state index contributed by atoms with van der Waals surface area (Å²) in [5, 5.41) is 0. The molecule has 2 N–H and O–H groups in total. The van der Waals surface area contributed by atoms with Crippen LogP contribution in [0.3, 0.4) is 0 Å². The van der Waals surface area contributed by atoms with Gasteiger partial charge in [0.05, 0.1) is 0 Å². The van der Waals surface area contributed by atoms with Gasteiger partial charge < -0.3 is 10.6 Å². The van der Waals surface area contributed by atoms with Gasteiger partial charge in [-0.05, 0) is 74.8 Å². The Balaban J connectivity index is 2.21. The zero-order valence-electron chi connectivity index (χ0n) is 11.1.